The summed E-state index contributed by atoms with van der Waals surface area (Å²) in [6.07, 6.45) is 5.83. The van der Waals surface area contributed by atoms with Gasteiger partial charge < -0.3 is 0 Å². The zero-order valence-electron chi connectivity index (χ0n) is 12.8. The van der Waals surface area contributed by atoms with E-state index in [1.165, 1.54) is 19.3 Å². The monoisotopic (exact) mass is 351 g/mol. The molecule has 0 unspecified atom stereocenters. The van der Waals surface area contributed by atoms with E-state index < -0.39 is 0 Å². The van der Waals surface area contributed by atoms with Crippen molar-refractivity contribution < 1.29 is 4.79 Å². The van der Waals surface area contributed by atoms with Crippen LogP contribution in [0.4, 0.5) is 0 Å². The van der Waals surface area contributed by atoms with E-state index in [0.717, 1.165) is 24.5 Å². The molecule has 0 aliphatic carbocycles. The molecule has 3 rings (SSSR count). The third kappa shape index (κ3) is 4.34. The fourth-order valence-electron chi connectivity index (χ4n) is 2.88. The summed E-state index contributed by atoms with van der Waals surface area (Å²) in [5.74, 6) is 0.208. The summed E-state index contributed by atoms with van der Waals surface area (Å²) < 4.78 is 1.68. The Hall–Kier alpha value is -1.36. The molecule has 1 aromatic heterocycles. The molecule has 122 valence electrons. The predicted octanol–water partition coefficient (Wildman–Crippen LogP) is 3.78. The Kier molecular flexibility index (Phi) is 5.36. The molecule has 0 amide bonds. The maximum absolute atomic E-state index is 12.2. The van der Waals surface area contributed by atoms with Crippen LogP contribution in [0, 0.1) is 0 Å². The van der Waals surface area contributed by atoms with Crippen LogP contribution < -0.4 is 0 Å². The normalized spacial score (nSPS) is 15.7. The Bertz CT molecular complexity index is 693. The van der Waals surface area contributed by atoms with Gasteiger partial charge in [-0.05, 0) is 50.2 Å². The van der Waals surface area contributed by atoms with Crippen molar-refractivity contribution in [3.63, 3.8) is 0 Å². The van der Waals surface area contributed by atoms with E-state index in [0.29, 0.717) is 23.0 Å². The molecule has 0 radical (unpaired) electrons. The van der Waals surface area contributed by atoms with Gasteiger partial charge in [-0.15, -0.1) is 0 Å². The van der Waals surface area contributed by atoms with Gasteiger partial charge in [0.05, 0.1) is 29.4 Å². The molecule has 1 saturated heterocycles. The summed E-state index contributed by atoms with van der Waals surface area (Å²) in [6, 6.07) is 7.13. The molecular weight excluding hydrogens is 333 g/mol. The van der Waals surface area contributed by atoms with E-state index in [4.69, 9.17) is 23.2 Å². The van der Waals surface area contributed by atoms with Gasteiger partial charge in [0, 0.05) is 11.2 Å². The van der Waals surface area contributed by atoms with E-state index in [1.807, 2.05) is 18.3 Å². The van der Waals surface area contributed by atoms with Crippen LogP contribution in [0.25, 0.3) is 5.69 Å². The van der Waals surface area contributed by atoms with Gasteiger partial charge in [-0.1, -0.05) is 29.6 Å². The van der Waals surface area contributed by atoms with Crippen LogP contribution >= 0.6 is 23.2 Å². The molecule has 0 N–H and O–H groups in total. The number of Topliss-reactive ketones (excluding diaryl/α,β-unsaturated/α-hetero) is 1. The van der Waals surface area contributed by atoms with Crippen LogP contribution in [0.3, 0.4) is 0 Å². The van der Waals surface area contributed by atoms with Crippen LogP contribution in [-0.2, 0) is 11.2 Å². The summed E-state index contributed by atoms with van der Waals surface area (Å²) in [5.41, 5.74) is 1.52. The average molecular weight is 352 g/mol. The van der Waals surface area contributed by atoms with Crippen LogP contribution in [0.1, 0.15) is 25.0 Å². The number of carbonyl (C=O) groups is 1. The summed E-state index contributed by atoms with van der Waals surface area (Å²) in [4.78, 5) is 14.4. The minimum atomic E-state index is 0.208. The van der Waals surface area contributed by atoms with E-state index in [1.54, 1.807) is 16.8 Å². The highest BCUT2D eigenvalue weighted by Gasteiger charge is 2.15. The molecule has 0 bridgehead atoms. The van der Waals surface area contributed by atoms with Gasteiger partial charge >= 0.3 is 0 Å². The molecule has 2 heterocycles. The molecule has 0 spiro atoms. The Labute approximate surface area is 146 Å². The number of benzene rings is 1. The number of piperidine rings is 1. The second-order valence-electron chi connectivity index (χ2n) is 5.90. The second-order valence-corrected chi connectivity index (χ2v) is 6.74. The highest BCUT2D eigenvalue weighted by molar-refractivity contribution is 6.35. The number of nitrogens with zero attached hydrogens (tertiary/aromatic N) is 3. The largest absolute Gasteiger partial charge is 0.298 e. The minimum absolute atomic E-state index is 0.208. The SMILES string of the molecule is O=C(Cc1ccn(-c2ccc(Cl)cc2Cl)n1)CN1CCCCC1. The highest BCUT2D eigenvalue weighted by Crippen LogP contribution is 2.24. The van der Waals surface area contributed by atoms with Crippen molar-refractivity contribution in [2.45, 2.75) is 25.7 Å². The molecule has 1 aliphatic rings. The fraction of sp³-hybridized carbons (Fsp3) is 0.412. The summed E-state index contributed by atoms with van der Waals surface area (Å²) >= 11 is 12.1. The number of hydrogen-bond acceptors (Lipinski definition) is 3. The van der Waals surface area contributed by atoms with Gasteiger partial charge in [-0.25, -0.2) is 4.68 Å². The first-order chi connectivity index (χ1) is 11.1. The number of hydrogen-bond donors (Lipinski definition) is 0. The number of halogens is 2. The van der Waals surface area contributed by atoms with Gasteiger partial charge in [0.2, 0.25) is 0 Å². The molecular formula is C17H19Cl2N3O. The number of rotatable bonds is 5. The van der Waals surface area contributed by atoms with E-state index in [2.05, 4.69) is 10.00 Å². The van der Waals surface area contributed by atoms with Crippen LogP contribution in [0.2, 0.25) is 10.0 Å². The van der Waals surface area contributed by atoms with Gasteiger partial charge in [0.15, 0.2) is 5.78 Å². The lowest BCUT2D eigenvalue weighted by Gasteiger charge is -2.25. The summed E-state index contributed by atoms with van der Waals surface area (Å²) in [7, 11) is 0. The summed E-state index contributed by atoms with van der Waals surface area (Å²) in [5, 5.41) is 5.57. The molecule has 1 fully saturated rings. The lowest BCUT2D eigenvalue weighted by atomic mass is 10.1. The lowest BCUT2D eigenvalue weighted by Crippen LogP contribution is -2.35. The number of carbonyl (C=O) groups excluding carboxylic acids is 1. The minimum Gasteiger partial charge on any atom is -0.298 e. The maximum atomic E-state index is 12.2. The standard InChI is InChI=1S/C17H19Cl2N3O/c18-13-4-5-17(16(19)10-13)22-9-6-14(20-22)11-15(23)12-21-7-2-1-3-8-21/h4-6,9-10H,1-3,7-8,11-12H2. The fourth-order valence-corrected chi connectivity index (χ4v) is 3.38. The van der Waals surface area contributed by atoms with Crippen LogP contribution in [0.15, 0.2) is 30.5 Å². The maximum Gasteiger partial charge on any atom is 0.152 e. The highest BCUT2D eigenvalue weighted by atomic mass is 35.5. The van der Waals surface area contributed by atoms with Crippen molar-refractivity contribution in [2.75, 3.05) is 19.6 Å². The molecule has 23 heavy (non-hydrogen) atoms. The molecule has 4 nitrogen and oxygen atoms in total. The molecule has 2 aromatic rings. The van der Waals surface area contributed by atoms with Crippen molar-refractivity contribution in [1.82, 2.24) is 14.7 Å². The van der Waals surface area contributed by atoms with Gasteiger partial charge in [-0.2, -0.15) is 5.10 Å². The van der Waals surface area contributed by atoms with Crippen molar-refractivity contribution in [2.24, 2.45) is 0 Å². The molecule has 6 heteroatoms. The first kappa shape index (κ1) is 16.5. The molecule has 1 aliphatic heterocycles. The van der Waals surface area contributed by atoms with E-state index in [9.17, 15) is 4.79 Å². The first-order valence-electron chi connectivity index (χ1n) is 7.86. The Balaban J connectivity index is 1.63. The Morgan fingerprint density at radius 3 is 2.65 bits per heavy atom. The topological polar surface area (TPSA) is 38.1 Å². The summed E-state index contributed by atoms with van der Waals surface area (Å²) in [6.45, 7) is 2.58. The van der Waals surface area contributed by atoms with Gasteiger partial charge in [0.25, 0.3) is 0 Å². The van der Waals surface area contributed by atoms with E-state index in [-0.39, 0.29) is 5.78 Å². The van der Waals surface area contributed by atoms with Crippen molar-refractivity contribution in [3.8, 4) is 5.69 Å². The average Bonchev–Trinajstić information content (AvgIpc) is 2.96. The Morgan fingerprint density at radius 1 is 1.13 bits per heavy atom. The predicted molar refractivity (Wildman–Crippen MR) is 92.6 cm³/mol. The van der Waals surface area contributed by atoms with E-state index >= 15 is 0 Å². The molecule has 1 aromatic carbocycles. The van der Waals surface area contributed by atoms with Crippen LogP contribution in [0.5, 0.6) is 0 Å². The van der Waals surface area contributed by atoms with Crippen molar-refractivity contribution in [3.05, 3.63) is 46.2 Å². The van der Waals surface area contributed by atoms with Crippen molar-refractivity contribution in [1.29, 1.82) is 0 Å². The zero-order valence-corrected chi connectivity index (χ0v) is 14.4. The first-order valence-corrected chi connectivity index (χ1v) is 8.61. The third-order valence-corrected chi connectivity index (χ3v) is 4.57. The van der Waals surface area contributed by atoms with Crippen LogP contribution in [-0.4, -0.2) is 40.1 Å². The third-order valence-electron chi connectivity index (χ3n) is 4.03. The lowest BCUT2D eigenvalue weighted by molar-refractivity contribution is -0.119. The number of aromatic nitrogens is 2. The Morgan fingerprint density at radius 2 is 1.91 bits per heavy atom. The van der Waals surface area contributed by atoms with Gasteiger partial charge in [-0.3, -0.25) is 9.69 Å². The van der Waals surface area contributed by atoms with Crippen molar-refractivity contribution >= 4 is 29.0 Å². The molecule has 0 saturated carbocycles. The van der Waals surface area contributed by atoms with Gasteiger partial charge in [0.1, 0.15) is 0 Å². The molecule has 0 atom stereocenters. The second kappa shape index (κ2) is 7.47. The number of ketones is 1. The quantitative estimate of drug-likeness (QED) is 0.822. The number of likely N-dealkylation sites (tertiary alicyclic amines) is 1. The smallest absolute Gasteiger partial charge is 0.152 e. The zero-order chi connectivity index (χ0) is 16.2.